The number of rotatable bonds is 6. The molecule has 6 nitrogen and oxygen atoms in total. The molecule has 0 unspecified atom stereocenters. The van der Waals surface area contributed by atoms with Gasteiger partial charge >= 0.3 is 0 Å². The van der Waals surface area contributed by atoms with Crippen LogP contribution in [0.3, 0.4) is 0 Å². The van der Waals surface area contributed by atoms with E-state index in [0.29, 0.717) is 19.5 Å². The second-order valence-corrected chi connectivity index (χ2v) is 3.38. The van der Waals surface area contributed by atoms with Gasteiger partial charge in [0, 0.05) is 13.5 Å². The first-order valence-electron chi connectivity index (χ1n) is 5.03. The summed E-state index contributed by atoms with van der Waals surface area (Å²) in [6.07, 6.45) is 3.85. The molecule has 0 aliphatic rings. The van der Waals surface area contributed by atoms with Crippen molar-refractivity contribution in [1.82, 2.24) is 20.1 Å². The average Bonchev–Trinajstić information content (AvgIpc) is 2.61. The second-order valence-electron chi connectivity index (χ2n) is 3.38. The fraction of sp³-hybridized carbons (Fsp3) is 0.667. The number of nitrogens with zero attached hydrogens (tertiary/aromatic N) is 3. The minimum atomic E-state index is 0.0338. The van der Waals surface area contributed by atoms with Crippen molar-refractivity contribution in [3.63, 3.8) is 0 Å². The molecule has 0 spiro atoms. The van der Waals surface area contributed by atoms with Crippen molar-refractivity contribution >= 4 is 5.91 Å². The lowest BCUT2D eigenvalue weighted by atomic mass is 10.2. The van der Waals surface area contributed by atoms with E-state index in [1.54, 1.807) is 10.9 Å². The maximum absolute atomic E-state index is 11.3. The fourth-order valence-corrected chi connectivity index (χ4v) is 1.16. The van der Waals surface area contributed by atoms with E-state index in [-0.39, 0.29) is 5.91 Å². The second kappa shape index (κ2) is 6.13. The molecule has 3 N–H and O–H groups in total. The number of aromatic nitrogens is 3. The standard InChI is InChI=1S/C9H17N5O/c1-14-7-12-13-8(14)6-11-9(15)4-2-3-5-10/h7H,2-6,10H2,1H3,(H,11,15). The van der Waals surface area contributed by atoms with Crippen molar-refractivity contribution in [2.24, 2.45) is 12.8 Å². The van der Waals surface area contributed by atoms with Gasteiger partial charge in [-0.15, -0.1) is 10.2 Å². The smallest absolute Gasteiger partial charge is 0.220 e. The lowest BCUT2D eigenvalue weighted by molar-refractivity contribution is -0.121. The molecule has 1 aromatic heterocycles. The zero-order chi connectivity index (χ0) is 11.1. The Morgan fingerprint density at radius 3 is 3.00 bits per heavy atom. The van der Waals surface area contributed by atoms with Gasteiger partial charge in [-0.2, -0.15) is 0 Å². The SMILES string of the molecule is Cn1cnnc1CNC(=O)CCCCN. The molecular formula is C9H17N5O. The van der Waals surface area contributed by atoms with Gasteiger partial charge in [0.15, 0.2) is 5.82 Å². The zero-order valence-electron chi connectivity index (χ0n) is 8.94. The number of nitrogens with two attached hydrogens (primary N) is 1. The van der Waals surface area contributed by atoms with E-state index in [0.717, 1.165) is 18.7 Å². The Bertz CT molecular complexity index is 309. The van der Waals surface area contributed by atoms with Crippen molar-refractivity contribution in [2.75, 3.05) is 6.54 Å². The van der Waals surface area contributed by atoms with Gasteiger partial charge in [-0.3, -0.25) is 4.79 Å². The van der Waals surface area contributed by atoms with E-state index in [2.05, 4.69) is 15.5 Å². The van der Waals surface area contributed by atoms with Crippen molar-refractivity contribution < 1.29 is 4.79 Å². The number of nitrogens with one attached hydrogen (secondary N) is 1. The van der Waals surface area contributed by atoms with Gasteiger partial charge in [-0.25, -0.2) is 0 Å². The normalized spacial score (nSPS) is 10.3. The molecular weight excluding hydrogens is 194 g/mol. The van der Waals surface area contributed by atoms with Crippen LogP contribution >= 0.6 is 0 Å². The van der Waals surface area contributed by atoms with Gasteiger partial charge in [-0.05, 0) is 19.4 Å². The van der Waals surface area contributed by atoms with E-state index < -0.39 is 0 Å². The summed E-state index contributed by atoms with van der Waals surface area (Å²) in [5, 5.41) is 10.4. The molecule has 0 bridgehead atoms. The predicted molar refractivity (Wildman–Crippen MR) is 55.8 cm³/mol. The van der Waals surface area contributed by atoms with Crippen molar-refractivity contribution in [1.29, 1.82) is 0 Å². The van der Waals surface area contributed by atoms with E-state index in [4.69, 9.17) is 5.73 Å². The molecule has 1 amide bonds. The average molecular weight is 211 g/mol. The lowest BCUT2D eigenvalue weighted by Crippen LogP contribution is -2.24. The first-order valence-corrected chi connectivity index (χ1v) is 5.03. The summed E-state index contributed by atoms with van der Waals surface area (Å²) in [5.41, 5.74) is 5.33. The molecule has 1 heterocycles. The lowest BCUT2D eigenvalue weighted by Gasteiger charge is -2.03. The van der Waals surface area contributed by atoms with Crippen LogP contribution in [0.1, 0.15) is 25.1 Å². The highest BCUT2D eigenvalue weighted by Gasteiger charge is 2.03. The molecule has 1 rings (SSSR count). The number of hydrogen-bond donors (Lipinski definition) is 2. The Labute approximate surface area is 88.9 Å². The molecule has 0 fully saturated rings. The molecule has 0 radical (unpaired) electrons. The third kappa shape index (κ3) is 4.07. The Morgan fingerprint density at radius 2 is 2.40 bits per heavy atom. The van der Waals surface area contributed by atoms with Crippen LogP contribution in [-0.2, 0) is 18.4 Å². The van der Waals surface area contributed by atoms with Crippen LogP contribution in [0, 0.1) is 0 Å². The van der Waals surface area contributed by atoms with Crippen LogP contribution in [0.5, 0.6) is 0 Å². The minimum absolute atomic E-state index is 0.0338. The quantitative estimate of drug-likeness (QED) is 0.625. The topological polar surface area (TPSA) is 85.8 Å². The summed E-state index contributed by atoms with van der Waals surface area (Å²) in [6.45, 7) is 1.06. The maximum atomic E-state index is 11.3. The molecule has 15 heavy (non-hydrogen) atoms. The Balaban J connectivity index is 2.20. The summed E-state index contributed by atoms with van der Waals surface area (Å²) in [4.78, 5) is 11.3. The van der Waals surface area contributed by atoms with Crippen LogP contribution in [0.2, 0.25) is 0 Å². The summed E-state index contributed by atoms with van der Waals surface area (Å²) < 4.78 is 1.78. The number of carbonyl (C=O) groups excluding carboxylic acids is 1. The van der Waals surface area contributed by atoms with Gasteiger partial charge in [-0.1, -0.05) is 0 Å². The number of hydrogen-bond acceptors (Lipinski definition) is 4. The molecule has 0 saturated carbocycles. The zero-order valence-corrected chi connectivity index (χ0v) is 8.94. The molecule has 0 atom stereocenters. The van der Waals surface area contributed by atoms with Crippen molar-refractivity contribution in [3.05, 3.63) is 12.2 Å². The Hall–Kier alpha value is -1.43. The molecule has 1 aromatic rings. The van der Waals surface area contributed by atoms with Gasteiger partial charge in [0.05, 0.1) is 6.54 Å². The molecule has 0 aliphatic heterocycles. The van der Waals surface area contributed by atoms with E-state index in [1.165, 1.54) is 0 Å². The maximum Gasteiger partial charge on any atom is 0.220 e. The first-order chi connectivity index (χ1) is 7.24. The Morgan fingerprint density at radius 1 is 1.60 bits per heavy atom. The summed E-state index contributed by atoms with van der Waals surface area (Å²) in [6, 6.07) is 0. The van der Waals surface area contributed by atoms with Crippen LogP contribution in [0.25, 0.3) is 0 Å². The highest BCUT2D eigenvalue weighted by Crippen LogP contribution is 1.95. The van der Waals surface area contributed by atoms with Gasteiger partial charge in [0.2, 0.25) is 5.91 Å². The molecule has 6 heteroatoms. The van der Waals surface area contributed by atoms with Crippen LogP contribution in [-0.4, -0.2) is 27.2 Å². The van der Waals surface area contributed by atoms with Crippen LogP contribution in [0.4, 0.5) is 0 Å². The van der Waals surface area contributed by atoms with E-state index >= 15 is 0 Å². The van der Waals surface area contributed by atoms with Gasteiger partial charge in [0.25, 0.3) is 0 Å². The fourth-order valence-electron chi connectivity index (χ4n) is 1.16. The third-order valence-electron chi connectivity index (χ3n) is 2.11. The van der Waals surface area contributed by atoms with E-state index in [1.807, 2.05) is 7.05 Å². The van der Waals surface area contributed by atoms with Gasteiger partial charge < -0.3 is 15.6 Å². The summed E-state index contributed by atoms with van der Waals surface area (Å²) in [5.74, 6) is 0.786. The molecule has 0 saturated heterocycles. The molecule has 0 aliphatic carbocycles. The summed E-state index contributed by atoms with van der Waals surface area (Å²) >= 11 is 0. The third-order valence-corrected chi connectivity index (χ3v) is 2.11. The largest absolute Gasteiger partial charge is 0.349 e. The number of amides is 1. The van der Waals surface area contributed by atoms with Crippen LogP contribution < -0.4 is 11.1 Å². The van der Waals surface area contributed by atoms with E-state index in [9.17, 15) is 4.79 Å². The predicted octanol–water partition coefficient (Wildman–Crippen LogP) is -0.440. The molecule has 0 aromatic carbocycles. The highest BCUT2D eigenvalue weighted by molar-refractivity contribution is 5.75. The highest BCUT2D eigenvalue weighted by atomic mass is 16.1. The van der Waals surface area contributed by atoms with Gasteiger partial charge in [0.1, 0.15) is 6.33 Å². The Kier molecular flexibility index (Phi) is 4.76. The molecule has 84 valence electrons. The minimum Gasteiger partial charge on any atom is -0.349 e. The summed E-state index contributed by atoms with van der Waals surface area (Å²) in [7, 11) is 1.84. The number of carbonyl (C=O) groups is 1. The van der Waals surface area contributed by atoms with Crippen molar-refractivity contribution in [2.45, 2.75) is 25.8 Å². The number of unbranched alkanes of at least 4 members (excludes halogenated alkanes) is 1. The monoisotopic (exact) mass is 211 g/mol. The van der Waals surface area contributed by atoms with Crippen LogP contribution in [0.15, 0.2) is 6.33 Å². The first kappa shape index (κ1) is 11.6. The van der Waals surface area contributed by atoms with Crippen molar-refractivity contribution in [3.8, 4) is 0 Å². The number of aryl methyl sites for hydroxylation is 1.